The van der Waals surface area contributed by atoms with Gasteiger partial charge in [0, 0.05) is 19.7 Å². The second-order valence-electron chi connectivity index (χ2n) is 4.42. The highest BCUT2D eigenvalue weighted by molar-refractivity contribution is 6.09. The van der Waals surface area contributed by atoms with Gasteiger partial charge in [-0.15, -0.1) is 10.2 Å². The Balaban J connectivity index is 2.05. The van der Waals surface area contributed by atoms with Crippen LogP contribution in [0.1, 0.15) is 5.56 Å². The van der Waals surface area contributed by atoms with Crippen LogP contribution >= 0.6 is 0 Å². The molecule has 0 N–H and O–H groups in total. The predicted octanol–water partition coefficient (Wildman–Crippen LogP) is 2.56. The zero-order chi connectivity index (χ0) is 13.2. The molecule has 1 heterocycles. The molecule has 0 aromatic heterocycles. The van der Waals surface area contributed by atoms with Gasteiger partial charge in [-0.05, 0) is 12.1 Å². The molecule has 0 bridgehead atoms. The number of hydrogen-bond acceptors (Lipinski definition) is 4. The molecule has 0 unspecified atom stereocenters. The van der Waals surface area contributed by atoms with Crippen LogP contribution < -0.4 is 5.01 Å². The largest absolute Gasteiger partial charge is 0.236 e. The van der Waals surface area contributed by atoms with E-state index < -0.39 is 0 Å². The lowest BCUT2D eigenvalue weighted by Crippen LogP contribution is -2.43. The molecule has 0 fully saturated rings. The van der Waals surface area contributed by atoms with Crippen LogP contribution in [0.15, 0.2) is 65.8 Å². The summed E-state index contributed by atoms with van der Waals surface area (Å²) < 4.78 is 0. The lowest BCUT2D eigenvalue weighted by Gasteiger charge is -2.29. The first-order valence-corrected chi connectivity index (χ1v) is 6.24. The summed E-state index contributed by atoms with van der Waals surface area (Å²) in [6, 6.07) is 20.4. The molecule has 0 amide bonds. The van der Waals surface area contributed by atoms with E-state index in [4.69, 9.17) is 0 Å². The van der Waals surface area contributed by atoms with Crippen molar-refractivity contribution in [2.45, 2.75) is 0 Å². The van der Waals surface area contributed by atoms with E-state index in [1.54, 1.807) is 0 Å². The molecule has 0 saturated carbocycles. The van der Waals surface area contributed by atoms with E-state index in [1.807, 2.05) is 60.7 Å². The molecule has 4 nitrogen and oxygen atoms in total. The van der Waals surface area contributed by atoms with Crippen LogP contribution in [0.5, 0.6) is 0 Å². The Hall–Kier alpha value is -2.33. The van der Waals surface area contributed by atoms with E-state index >= 15 is 0 Å². The summed E-state index contributed by atoms with van der Waals surface area (Å²) >= 11 is 0. The minimum Gasteiger partial charge on any atom is -0.236 e. The number of anilines is 1. The molecule has 0 radical (unpaired) electrons. The molecule has 2 aromatic carbocycles. The average Bonchev–Trinajstić information content (AvgIpc) is 2.77. The average molecular weight is 252 g/mol. The van der Waals surface area contributed by atoms with Crippen LogP contribution in [-0.2, 0) is 0 Å². The van der Waals surface area contributed by atoms with Gasteiger partial charge in [-0.2, -0.15) is 0 Å². The SMILES string of the molecule is CN1N=C(c2ccccc2)N(c2ccccc2)N1C. The minimum atomic E-state index is 0.928. The van der Waals surface area contributed by atoms with Crippen LogP contribution in [-0.4, -0.2) is 30.2 Å². The predicted molar refractivity (Wildman–Crippen MR) is 77.4 cm³/mol. The molecule has 1 aliphatic rings. The Kier molecular flexibility index (Phi) is 2.93. The van der Waals surface area contributed by atoms with E-state index in [9.17, 15) is 0 Å². The highest BCUT2D eigenvalue weighted by Gasteiger charge is 2.28. The molecule has 0 atom stereocenters. The number of rotatable bonds is 2. The van der Waals surface area contributed by atoms with Gasteiger partial charge in [0.05, 0.1) is 5.69 Å². The maximum absolute atomic E-state index is 4.60. The molecule has 0 saturated heterocycles. The zero-order valence-corrected chi connectivity index (χ0v) is 11.1. The molecule has 4 heteroatoms. The fourth-order valence-electron chi connectivity index (χ4n) is 2.14. The third kappa shape index (κ3) is 2.06. The molecular formula is C15H16N4. The molecule has 0 aliphatic carbocycles. The second-order valence-corrected chi connectivity index (χ2v) is 4.42. The molecule has 2 aromatic rings. The molecule has 0 spiro atoms. The first kappa shape index (κ1) is 11.7. The zero-order valence-electron chi connectivity index (χ0n) is 11.1. The van der Waals surface area contributed by atoms with E-state index in [1.165, 1.54) is 0 Å². The Morgan fingerprint density at radius 1 is 0.789 bits per heavy atom. The van der Waals surface area contributed by atoms with Crippen molar-refractivity contribution >= 4 is 11.5 Å². The Morgan fingerprint density at radius 3 is 2.00 bits per heavy atom. The Labute approximate surface area is 113 Å². The lowest BCUT2D eigenvalue weighted by molar-refractivity contribution is 0.0560. The summed E-state index contributed by atoms with van der Waals surface area (Å²) in [7, 11) is 3.93. The highest BCUT2D eigenvalue weighted by Crippen LogP contribution is 2.24. The van der Waals surface area contributed by atoms with Gasteiger partial charge >= 0.3 is 0 Å². The number of hydrazine groups is 2. The first-order chi connectivity index (χ1) is 9.27. The van der Waals surface area contributed by atoms with Crippen LogP contribution in [0.2, 0.25) is 0 Å². The normalized spacial score (nSPS) is 15.8. The maximum Gasteiger partial charge on any atom is 0.178 e. The first-order valence-electron chi connectivity index (χ1n) is 6.24. The van der Waals surface area contributed by atoms with Crippen molar-refractivity contribution in [1.82, 2.24) is 10.2 Å². The van der Waals surface area contributed by atoms with Crippen LogP contribution in [0.25, 0.3) is 0 Å². The van der Waals surface area contributed by atoms with Gasteiger partial charge in [0.1, 0.15) is 0 Å². The molecule has 19 heavy (non-hydrogen) atoms. The fraction of sp³-hybridized carbons (Fsp3) is 0.133. The van der Waals surface area contributed by atoms with Gasteiger partial charge in [0.15, 0.2) is 5.84 Å². The van der Waals surface area contributed by atoms with Gasteiger partial charge in [-0.3, -0.25) is 0 Å². The van der Waals surface area contributed by atoms with Gasteiger partial charge in [0.2, 0.25) is 0 Å². The van der Waals surface area contributed by atoms with Gasteiger partial charge < -0.3 is 0 Å². The molecule has 1 aliphatic heterocycles. The van der Waals surface area contributed by atoms with Gasteiger partial charge in [-0.25, -0.2) is 10.1 Å². The topological polar surface area (TPSA) is 22.1 Å². The number of nitrogens with zero attached hydrogens (tertiary/aromatic N) is 4. The standard InChI is InChI=1S/C15H16N4/c1-17-16-15(13-9-5-3-6-10-13)19(18(17)2)14-11-7-4-8-12-14/h3-12H,1-2H3. The van der Waals surface area contributed by atoms with Crippen molar-refractivity contribution in [3.05, 3.63) is 66.2 Å². The molecular weight excluding hydrogens is 236 g/mol. The number of hydrazone groups is 1. The van der Waals surface area contributed by atoms with E-state index in [0.717, 1.165) is 17.1 Å². The molecule has 96 valence electrons. The third-order valence-electron chi connectivity index (χ3n) is 3.18. The van der Waals surface area contributed by atoms with Crippen LogP contribution in [0.3, 0.4) is 0 Å². The fourth-order valence-corrected chi connectivity index (χ4v) is 2.14. The smallest absolute Gasteiger partial charge is 0.178 e. The third-order valence-corrected chi connectivity index (χ3v) is 3.18. The summed E-state index contributed by atoms with van der Waals surface area (Å²) in [5.74, 6) is 0.928. The Morgan fingerprint density at radius 2 is 1.37 bits per heavy atom. The Bertz CT molecular complexity index is 580. The van der Waals surface area contributed by atoms with Crippen molar-refractivity contribution in [2.75, 3.05) is 19.1 Å². The van der Waals surface area contributed by atoms with Gasteiger partial charge in [-0.1, -0.05) is 48.5 Å². The van der Waals surface area contributed by atoms with Crippen molar-refractivity contribution < 1.29 is 0 Å². The van der Waals surface area contributed by atoms with Crippen LogP contribution in [0, 0.1) is 0 Å². The quantitative estimate of drug-likeness (QED) is 0.820. The summed E-state index contributed by atoms with van der Waals surface area (Å²) in [6.45, 7) is 0. The number of para-hydroxylation sites is 1. The maximum atomic E-state index is 4.60. The summed E-state index contributed by atoms with van der Waals surface area (Å²) in [6.07, 6.45) is 0. The van der Waals surface area contributed by atoms with Crippen molar-refractivity contribution in [3.63, 3.8) is 0 Å². The number of amidine groups is 1. The van der Waals surface area contributed by atoms with E-state index in [-0.39, 0.29) is 0 Å². The van der Waals surface area contributed by atoms with E-state index in [2.05, 4.69) is 34.4 Å². The van der Waals surface area contributed by atoms with Crippen molar-refractivity contribution in [3.8, 4) is 0 Å². The highest BCUT2D eigenvalue weighted by atomic mass is 16.0. The van der Waals surface area contributed by atoms with Gasteiger partial charge in [0.25, 0.3) is 0 Å². The van der Waals surface area contributed by atoms with Crippen molar-refractivity contribution in [1.29, 1.82) is 0 Å². The summed E-state index contributed by atoms with van der Waals surface area (Å²) in [5.41, 5.74) is 2.19. The van der Waals surface area contributed by atoms with Crippen LogP contribution in [0.4, 0.5) is 5.69 Å². The number of hydrogen-bond donors (Lipinski definition) is 0. The minimum absolute atomic E-state index is 0.928. The monoisotopic (exact) mass is 252 g/mol. The number of benzene rings is 2. The molecule has 3 rings (SSSR count). The summed E-state index contributed by atoms with van der Waals surface area (Å²) in [4.78, 5) is 0. The van der Waals surface area contributed by atoms with Crippen molar-refractivity contribution in [2.24, 2.45) is 5.10 Å². The van der Waals surface area contributed by atoms with E-state index in [0.29, 0.717) is 0 Å². The summed E-state index contributed by atoms with van der Waals surface area (Å²) in [5, 5.41) is 10.5. The lowest BCUT2D eigenvalue weighted by atomic mass is 10.2. The second kappa shape index (κ2) is 4.74.